The molecule has 0 saturated heterocycles. The van der Waals surface area contributed by atoms with Crippen LogP contribution in [-0.4, -0.2) is 20.1 Å². The van der Waals surface area contributed by atoms with Crippen molar-refractivity contribution in [3.8, 4) is 11.5 Å². The Labute approximate surface area is 98.5 Å². The first-order valence-electron chi connectivity index (χ1n) is 5.30. The van der Waals surface area contributed by atoms with Crippen LogP contribution in [0.25, 0.3) is 0 Å². The predicted molar refractivity (Wildman–Crippen MR) is 59.6 cm³/mol. The molecule has 1 saturated carbocycles. The first-order chi connectivity index (χ1) is 7.92. The number of rotatable bonds is 3. The molecule has 0 atom stereocenters. The highest BCUT2D eigenvalue weighted by molar-refractivity contribution is 5.51. The zero-order valence-electron chi connectivity index (χ0n) is 9.80. The van der Waals surface area contributed by atoms with E-state index in [1.807, 2.05) is 0 Å². The summed E-state index contributed by atoms with van der Waals surface area (Å²) in [6, 6.07) is 5.13. The molecule has 1 aromatic rings. The first-order valence-corrected chi connectivity index (χ1v) is 5.30. The van der Waals surface area contributed by atoms with E-state index < -0.39 is 11.5 Å². The number of nitrogens with two attached hydrogens (primary N) is 1. The van der Waals surface area contributed by atoms with Gasteiger partial charge in [-0.3, -0.25) is 0 Å². The minimum absolute atomic E-state index is 0.378. The Balaban J connectivity index is 2.44. The summed E-state index contributed by atoms with van der Waals surface area (Å²) in [5.41, 5.74) is 5.47. The van der Waals surface area contributed by atoms with Crippen molar-refractivity contribution in [2.24, 2.45) is 5.73 Å². The maximum absolute atomic E-state index is 13.0. The van der Waals surface area contributed by atoms with E-state index in [0.29, 0.717) is 17.1 Å². The van der Waals surface area contributed by atoms with Crippen molar-refractivity contribution in [3.63, 3.8) is 0 Å². The fraction of sp³-hybridized carbons (Fsp3) is 0.500. The summed E-state index contributed by atoms with van der Waals surface area (Å²) < 4.78 is 36.4. The Morgan fingerprint density at radius 2 is 1.59 bits per heavy atom. The third kappa shape index (κ3) is 1.95. The number of hydrogen-bond donors (Lipinski definition) is 1. The summed E-state index contributed by atoms with van der Waals surface area (Å²) in [6.45, 7) is 0. The molecule has 0 unspecified atom stereocenters. The smallest absolute Gasteiger partial charge is 0.252 e. The predicted octanol–water partition coefficient (Wildman–Crippen LogP) is 2.29. The van der Waals surface area contributed by atoms with E-state index in [1.54, 1.807) is 18.2 Å². The lowest BCUT2D eigenvalue weighted by Gasteiger charge is -2.45. The second-order valence-corrected chi connectivity index (χ2v) is 4.40. The van der Waals surface area contributed by atoms with Gasteiger partial charge in [-0.05, 0) is 12.1 Å². The molecular formula is C12H15F2NO2. The topological polar surface area (TPSA) is 44.5 Å². The van der Waals surface area contributed by atoms with Gasteiger partial charge in [-0.25, -0.2) is 8.78 Å². The molecular weight excluding hydrogens is 228 g/mol. The second-order valence-electron chi connectivity index (χ2n) is 4.40. The number of ether oxygens (including phenoxy) is 2. The molecule has 94 valence electrons. The van der Waals surface area contributed by atoms with Crippen LogP contribution in [0.3, 0.4) is 0 Å². The summed E-state index contributed by atoms with van der Waals surface area (Å²) >= 11 is 0. The van der Waals surface area contributed by atoms with Crippen LogP contribution in [0, 0.1) is 0 Å². The molecule has 3 nitrogen and oxygen atoms in total. The largest absolute Gasteiger partial charge is 0.496 e. The van der Waals surface area contributed by atoms with Gasteiger partial charge in [0, 0.05) is 12.8 Å². The highest BCUT2D eigenvalue weighted by atomic mass is 19.3. The second kappa shape index (κ2) is 3.84. The Kier molecular flexibility index (Phi) is 2.73. The van der Waals surface area contributed by atoms with Gasteiger partial charge < -0.3 is 15.2 Å². The van der Waals surface area contributed by atoms with E-state index >= 15 is 0 Å². The molecule has 0 bridgehead atoms. The minimum Gasteiger partial charge on any atom is -0.496 e. The van der Waals surface area contributed by atoms with Gasteiger partial charge in [0.15, 0.2) is 0 Å². The lowest BCUT2D eigenvalue weighted by atomic mass is 9.69. The summed E-state index contributed by atoms with van der Waals surface area (Å²) in [6.07, 6.45) is -0.756. The monoisotopic (exact) mass is 243 g/mol. The van der Waals surface area contributed by atoms with Crippen LogP contribution < -0.4 is 15.2 Å². The average molecular weight is 243 g/mol. The van der Waals surface area contributed by atoms with E-state index in [-0.39, 0.29) is 12.8 Å². The van der Waals surface area contributed by atoms with E-state index in [2.05, 4.69) is 0 Å². The fourth-order valence-corrected chi connectivity index (χ4v) is 2.39. The lowest BCUT2D eigenvalue weighted by molar-refractivity contribution is -0.125. The SMILES string of the molecule is COc1cccc(OC)c1C1(N)CC(F)(F)C1. The highest BCUT2D eigenvalue weighted by Crippen LogP contribution is 2.54. The normalized spacial score (nSPS) is 20.5. The van der Waals surface area contributed by atoms with Gasteiger partial charge >= 0.3 is 0 Å². The zero-order chi connectivity index (χ0) is 12.7. The van der Waals surface area contributed by atoms with Crippen molar-refractivity contribution in [1.82, 2.24) is 0 Å². The number of alkyl halides is 2. The number of benzene rings is 1. The van der Waals surface area contributed by atoms with E-state index in [1.165, 1.54) is 14.2 Å². The molecule has 2 N–H and O–H groups in total. The van der Waals surface area contributed by atoms with Crippen molar-refractivity contribution < 1.29 is 18.3 Å². The molecule has 2 rings (SSSR count). The standard InChI is InChI=1S/C12H15F2NO2/c1-16-8-4-3-5-9(17-2)10(8)11(15)6-12(13,14)7-11/h3-5H,6-7,15H2,1-2H3. The molecule has 0 amide bonds. The fourth-order valence-electron chi connectivity index (χ4n) is 2.39. The van der Waals surface area contributed by atoms with Crippen LogP contribution >= 0.6 is 0 Å². The summed E-state index contributed by atoms with van der Waals surface area (Å²) in [5, 5.41) is 0. The Hall–Kier alpha value is -1.36. The van der Waals surface area contributed by atoms with Gasteiger partial charge in [-0.2, -0.15) is 0 Å². The van der Waals surface area contributed by atoms with Gasteiger partial charge in [-0.1, -0.05) is 6.07 Å². The molecule has 0 aromatic heterocycles. The molecule has 0 radical (unpaired) electrons. The third-order valence-corrected chi connectivity index (χ3v) is 3.07. The van der Waals surface area contributed by atoms with Crippen LogP contribution in [0.2, 0.25) is 0 Å². The molecule has 0 spiro atoms. The summed E-state index contributed by atoms with van der Waals surface area (Å²) in [5.74, 6) is -1.72. The van der Waals surface area contributed by atoms with E-state index in [0.717, 1.165) is 0 Å². The molecule has 17 heavy (non-hydrogen) atoms. The Bertz CT molecular complexity index is 404. The van der Waals surface area contributed by atoms with Crippen molar-refractivity contribution >= 4 is 0 Å². The van der Waals surface area contributed by atoms with Gasteiger partial charge in [0.2, 0.25) is 0 Å². The maximum Gasteiger partial charge on any atom is 0.252 e. The van der Waals surface area contributed by atoms with E-state index in [4.69, 9.17) is 15.2 Å². The lowest BCUT2D eigenvalue weighted by Crippen LogP contribution is -2.55. The molecule has 1 aromatic carbocycles. The Morgan fingerprint density at radius 3 is 1.94 bits per heavy atom. The number of halogens is 2. The molecule has 0 aliphatic heterocycles. The van der Waals surface area contributed by atoms with Gasteiger partial charge in [0.1, 0.15) is 11.5 Å². The van der Waals surface area contributed by atoms with Gasteiger partial charge in [-0.15, -0.1) is 0 Å². The van der Waals surface area contributed by atoms with Crippen molar-refractivity contribution in [2.45, 2.75) is 24.3 Å². The molecule has 5 heteroatoms. The maximum atomic E-state index is 13.0. The van der Waals surface area contributed by atoms with Crippen molar-refractivity contribution in [3.05, 3.63) is 23.8 Å². The zero-order valence-corrected chi connectivity index (χ0v) is 9.80. The van der Waals surface area contributed by atoms with Crippen molar-refractivity contribution in [2.75, 3.05) is 14.2 Å². The van der Waals surface area contributed by atoms with Crippen LogP contribution in [0.5, 0.6) is 11.5 Å². The van der Waals surface area contributed by atoms with Crippen LogP contribution in [-0.2, 0) is 5.54 Å². The average Bonchev–Trinajstić information content (AvgIpc) is 2.25. The third-order valence-electron chi connectivity index (χ3n) is 3.07. The van der Waals surface area contributed by atoms with Crippen LogP contribution in [0.15, 0.2) is 18.2 Å². The van der Waals surface area contributed by atoms with Gasteiger partial charge in [0.25, 0.3) is 5.92 Å². The highest BCUT2D eigenvalue weighted by Gasteiger charge is 2.57. The molecule has 1 aliphatic rings. The molecule has 0 heterocycles. The van der Waals surface area contributed by atoms with Gasteiger partial charge in [0.05, 0.1) is 25.3 Å². The first kappa shape index (κ1) is 12.1. The van der Waals surface area contributed by atoms with E-state index in [9.17, 15) is 8.78 Å². The van der Waals surface area contributed by atoms with Crippen LogP contribution in [0.1, 0.15) is 18.4 Å². The minimum atomic E-state index is -2.69. The van der Waals surface area contributed by atoms with Crippen molar-refractivity contribution in [1.29, 1.82) is 0 Å². The summed E-state index contributed by atoms with van der Waals surface area (Å²) in [4.78, 5) is 0. The number of hydrogen-bond acceptors (Lipinski definition) is 3. The Morgan fingerprint density at radius 1 is 1.12 bits per heavy atom. The molecule has 1 fully saturated rings. The summed E-state index contributed by atoms with van der Waals surface area (Å²) in [7, 11) is 2.97. The van der Waals surface area contributed by atoms with Crippen LogP contribution in [0.4, 0.5) is 8.78 Å². The quantitative estimate of drug-likeness (QED) is 0.885. The molecule has 1 aliphatic carbocycles. The number of methoxy groups -OCH3 is 2.